The molecule has 1 atom stereocenters. The highest BCUT2D eigenvalue weighted by atomic mass is 35.5. The van der Waals surface area contributed by atoms with Gasteiger partial charge in [-0.15, -0.1) is 0 Å². The molecule has 0 aromatic heterocycles. The van der Waals surface area contributed by atoms with Gasteiger partial charge in [-0.2, -0.15) is 0 Å². The molecule has 0 saturated carbocycles. The third-order valence-corrected chi connectivity index (χ3v) is 3.04. The van der Waals surface area contributed by atoms with Crippen LogP contribution in [0.5, 0.6) is 0 Å². The molecule has 2 rings (SSSR count). The van der Waals surface area contributed by atoms with Crippen LogP contribution in [0.1, 0.15) is 32.0 Å². The molecule has 1 aromatic carbocycles. The Balaban J connectivity index is 2.35. The van der Waals surface area contributed by atoms with Crippen LogP contribution < -0.4 is 5.32 Å². The van der Waals surface area contributed by atoms with Crippen LogP contribution in [0.3, 0.4) is 0 Å². The van der Waals surface area contributed by atoms with Crippen LogP contribution in [0.25, 0.3) is 0 Å². The number of aliphatic imine (C=N–C) groups is 2. The second-order valence-corrected chi connectivity index (χ2v) is 4.73. The Kier molecular flexibility index (Phi) is 5.13. The van der Waals surface area contributed by atoms with Crippen molar-refractivity contribution in [2.75, 3.05) is 0 Å². The molecule has 1 N–H and O–H groups in total. The van der Waals surface area contributed by atoms with Gasteiger partial charge in [0.25, 0.3) is 0 Å². The second kappa shape index (κ2) is 7.06. The fraction of sp³-hybridized carbons (Fsp3) is 0.250. The van der Waals surface area contributed by atoms with E-state index in [4.69, 9.17) is 11.6 Å². The lowest BCUT2D eigenvalue weighted by Gasteiger charge is -2.19. The van der Waals surface area contributed by atoms with Gasteiger partial charge in [0.15, 0.2) is 11.5 Å². The van der Waals surface area contributed by atoms with Crippen LogP contribution in [0.15, 0.2) is 64.1 Å². The highest BCUT2D eigenvalue weighted by Gasteiger charge is 2.18. The van der Waals surface area contributed by atoms with Gasteiger partial charge in [0.2, 0.25) is 0 Å². The largest absolute Gasteiger partial charge is 0.315 e. The summed E-state index contributed by atoms with van der Waals surface area (Å²) >= 11 is 6.11. The predicted molar refractivity (Wildman–Crippen MR) is 86.2 cm³/mol. The number of hydrogen-bond donors (Lipinski definition) is 1. The van der Waals surface area contributed by atoms with Crippen LogP contribution in [-0.4, -0.2) is 11.1 Å². The summed E-state index contributed by atoms with van der Waals surface area (Å²) in [7, 11) is 0. The Morgan fingerprint density at radius 2 is 2.05 bits per heavy atom. The van der Waals surface area contributed by atoms with Crippen molar-refractivity contribution in [3.8, 4) is 0 Å². The molecule has 1 aliphatic rings. The summed E-state index contributed by atoms with van der Waals surface area (Å²) in [6.45, 7) is 4.08. The fourth-order valence-corrected chi connectivity index (χ4v) is 2.17. The zero-order chi connectivity index (χ0) is 14.4. The van der Waals surface area contributed by atoms with Crippen molar-refractivity contribution in [3.05, 3.63) is 59.7 Å². The van der Waals surface area contributed by atoms with E-state index in [0.717, 1.165) is 23.4 Å². The van der Waals surface area contributed by atoms with Gasteiger partial charge < -0.3 is 5.32 Å². The van der Waals surface area contributed by atoms with E-state index in [9.17, 15) is 0 Å². The summed E-state index contributed by atoms with van der Waals surface area (Å²) in [6, 6.07) is 9.94. The summed E-state index contributed by atoms with van der Waals surface area (Å²) in [5, 5.41) is 3.40. The van der Waals surface area contributed by atoms with Gasteiger partial charge in [-0.1, -0.05) is 55.5 Å². The SMILES string of the molecule is C/C=C\C(=C/CC)C1=NC(c2ccccc2)N=C(Cl)N1. The zero-order valence-electron chi connectivity index (χ0n) is 11.7. The van der Waals surface area contributed by atoms with Crippen molar-refractivity contribution < 1.29 is 0 Å². The van der Waals surface area contributed by atoms with E-state index in [1.807, 2.05) is 49.4 Å². The van der Waals surface area contributed by atoms with Crippen LogP contribution in [-0.2, 0) is 0 Å². The standard InChI is InChI=1S/C16H18ClN3/c1-3-8-12(9-4-2)14-18-15(20-16(17)19-14)13-10-6-5-7-11-13/h3,5-11,15H,4H2,1-2H3,(H,18,19,20)/b8-3-,12-9+. The molecule has 0 amide bonds. The number of nitrogens with one attached hydrogen (secondary N) is 1. The first-order valence-electron chi connectivity index (χ1n) is 6.71. The topological polar surface area (TPSA) is 36.8 Å². The van der Waals surface area contributed by atoms with Gasteiger partial charge in [-0.3, -0.25) is 0 Å². The lowest BCUT2D eigenvalue weighted by Crippen LogP contribution is -2.32. The van der Waals surface area contributed by atoms with Crippen molar-refractivity contribution in [2.24, 2.45) is 9.98 Å². The molecule has 1 aromatic rings. The molecule has 1 aliphatic heterocycles. The molecule has 0 aliphatic carbocycles. The molecule has 0 bridgehead atoms. The minimum absolute atomic E-state index is 0.287. The number of nitrogens with zero attached hydrogens (tertiary/aromatic N) is 2. The monoisotopic (exact) mass is 287 g/mol. The first kappa shape index (κ1) is 14.5. The highest BCUT2D eigenvalue weighted by molar-refractivity contribution is 6.66. The maximum atomic E-state index is 6.11. The molecular weight excluding hydrogens is 270 g/mol. The van der Waals surface area contributed by atoms with Gasteiger partial charge in [0.05, 0.1) is 0 Å². The Morgan fingerprint density at radius 3 is 2.70 bits per heavy atom. The average Bonchev–Trinajstić information content (AvgIpc) is 2.47. The lowest BCUT2D eigenvalue weighted by atomic mass is 10.1. The predicted octanol–water partition coefficient (Wildman–Crippen LogP) is 4.19. The Labute approximate surface area is 124 Å². The quantitative estimate of drug-likeness (QED) is 0.654. The minimum Gasteiger partial charge on any atom is -0.315 e. The van der Waals surface area contributed by atoms with Crippen molar-refractivity contribution in [2.45, 2.75) is 26.4 Å². The van der Waals surface area contributed by atoms with Crippen LogP contribution in [0, 0.1) is 0 Å². The fourth-order valence-electron chi connectivity index (χ4n) is 1.98. The van der Waals surface area contributed by atoms with E-state index in [1.54, 1.807) is 0 Å². The number of rotatable bonds is 4. The second-order valence-electron chi connectivity index (χ2n) is 4.37. The van der Waals surface area contributed by atoms with E-state index in [-0.39, 0.29) is 6.17 Å². The van der Waals surface area contributed by atoms with E-state index >= 15 is 0 Å². The summed E-state index contributed by atoms with van der Waals surface area (Å²) in [5.74, 6) is 0.763. The molecule has 104 valence electrons. The minimum atomic E-state index is -0.287. The first-order valence-corrected chi connectivity index (χ1v) is 7.08. The maximum Gasteiger partial charge on any atom is 0.199 e. The van der Waals surface area contributed by atoms with Gasteiger partial charge in [-0.25, -0.2) is 9.98 Å². The zero-order valence-corrected chi connectivity index (χ0v) is 12.4. The highest BCUT2D eigenvalue weighted by Crippen LogP contribution is 2.23. The molecule has 0 radical (unpaired) electrons. The summed E-state index contributed by atoms with van der Waals surface area (Å²) in [5.41, 5.74) is 2.06. The Morgan fingerprint density at radius 1 is 1.30 bits per heavy atom. The van der Waals surface area contributed by atoms with E-state index < -0.39 is 0 Å². The normalized spacial score (nSPS) is 19.6. The number of amidine groups is 2. The molecule has 0 saturated heterocycles. The summed E-state index contributed by atoms with van der Waals surface area (Å²) in [4.78, 5) is 8.99. The van der Waals surface area contributed by atoms with Crippen molar-refractivity contribution in [1.82, 2.24) is 5.32 Å². The molecule has 1 unspecified atom stereocenters. The van der Waals surface area contributed by atoms with Crippen LogP contribution in [0.2, 0.25) is 0 Å². The van der Waals surface area contributed by atoms with E-state index in [0.29, 0.717) is 5.29 Å². The first-order chi connectivity index (χ1) is 9.74. The molecule has 4 heteroatoms. The smallest absolute Gasteiger partial charge is 0.199 e. The third-order valence-electron chi connectivity index (χ3n) is 2.85. The molecule has 0 fully saturated rings. The van der Waals surface area contributed by atoms with Crippen molar-refractivity contribution >= 4 is 22.7 Å². The molecular formula is C16H18ClN3. The van der Waals surface area contributed by atoms with Crippen LogP contribution in [0.4, 0.5) is 0 Å². The average molecular weight is 288 g/mol. The molecule has 0 spiro atoms. The van der Waals surface area contributed by atoms with Gasteiger partial charge >= 0.3 is 0 Å². The Bertz CT molecular complexity index is 571. The number of halogens is 1. The van der Waals surface area contributed by atoms with Crippen molar-refractivity contribution in [1.29, 1.82) is 0 Å². The molecule has 1 heterocycles. The molecule has 20 heavy (non-hydrogen) atoms. The van der Waals surface area contributed by atoms with E-state index in [2.05, 4.69) is 28.3 Å². The maximum absolute atomic E-state index is 6.11. The third kappa shape index (κ3) is 3.58. The van der Waals surface area contributed by atoms with Gasteiger partial charge in [0.1, 0.15) is 5.84 Å². The van der Waals surface area contributed by atoms with Gasteiger partial charge in [0, 0.05) is 5.57 Å². The number of benzene rings is 1. The number of allylic oxidation sites excluding steroid dienone is 2. The lowest BCUT2D eigenvalue weighted by molar-refractivity contribution is 0.760. The Hall–Kier alpha value is -1.87. The number of hydrogen-bond acceptors (Lipinski definition) is 3. The van der Waals surface area contributed by atoms with Gasteiger partial charge in [-0.05, 0) is 30.5 Å². The summed E-state index contributed by atoms with van der Waals surface area (Å²) < 4.78 is 0. The molecule has 3 nitrogen and oxygen atoms in total. The summed E-state index contributed by atoms with van der Waals surface area (Å²) in [6.07, 6.45) is 6.77. The van der Waals surface area contributed by atoms with Crippen molar-refractivity contribution in [3.63, 3.8) is 0 Å². The van der Waals surface area contributed by atoms with E-state index in [1.165, 1.54) is 0 Å². The van der Waals surface area contributed by atoms with Crippen LogP contribution >= 0.6 is 11.6 Å².